The largest absolute Gasteiger partial charge is 0.311 e. The smallest absolute Gasteiger partial charge is 0.0462 e. The average molecular weight is 1490 g/mol. The van der Waals surface area contributed by atoms with E-state index in [0.29, 0.717) is 0 Å². The Kier molecular flexibility index (Phi) is 23.4. The highest BCUT2D eigenvalue weighted by Crippen LogP contribution is 2.72. The third-order valence-electron chi connectivity index (χ3n) is 25.1. The summed E-state index contributed by atoms with van der Waals surface area (Å²) >= 11 is 0. The van der Waals surface area contributed by atoms with Crippen LogP contribution in [0.3, 0.4) is 0 Å². The molecule has 0 unspecified atom stereocenters. The topological polar surface area (TPSA) is 9.72 Å². The van der Waals surface area contributed by atoms with E-state index in [1.165, 1.54) is 50.1 Å². The molecule has 13 aromatic carbocycles. The molecule has 0 bridgehead atoms. The summed E-state index contributed by atoms with van der Waals surface area (Å²) in [4.78, 5) is 7.06. The Labute approximate surface area is 680 Å². The Balaban J connectivity index is 0.885. The van der Waals surface area contributed by atoms with Gasteiger partial charge in [0.05, 0.1) is 0 Å². The Morgan fingerprint density at radius 2 is 0.377 bits per heavy atom. The fourth-order valence-electron chi connectivity index (χ4n) is 19.6. The molecule has 3 heteroatoms. The molecule has 0 saturated heterocycles. The SMILES string of the molecule is CCCCC1(CCCC)c2cc(/C=C/c3ccc(N(c4ccccc4)c4ccccc4)cc3)ccc2-c2c1c1c(c3c2C(CCCC)(CCCC)c2cc(/C=C/c4ccc(N(c5ccccc5)c5ccccc5)cc4)ccc2-3)C(CCCC)(CCCC)c2cc(/C=C/c3ccc(N(c4ccccc4)c4ccccc4)cc3)ccc2-1. The molecule has 0 heterocycles. The number of benzene rings is 13. The van der Waals surface area contributed by atoms with Gasteiger partial charge in [-0.1, -0.05) is 355 Å². The van der Waals surface area contributed by atoms with Crippen LogP contribution in [-0.2, 0) is 16.2 Å². The molecule has 114 heavy (non-hydrogen) atoms. The molecule has 3 nitrogen and oxygen atoms in total. The number of unbranched alkanes of at least 4 members (excludes halogenated alkanes) is 6. The summed E-state index contributed by atoms with van der Waals surface area (Å²) < 4.78 is 0. The quantitative estimate of drug-likeness (QED) is 0.0380. The van der Waals surface area contributed by atoms with Crippen LogP contribution >= 0.6 is 0 Å². The van der Waals surface area contributed by atoms with E-state index in [0.717, 1.165) is 167 Å². The lowest BCUT2D eigenvalue weighted by molar-refractivity contribution is 0.401. The molecule has 13 aromatic rings. The standard InChI is InChI=1S/C111H111N3/c1-7-13-73-109(74-14-8-2)100-79-85(52-49-82-55-64-94(65-56-82)112(88-37-25-19-26-38-88)89-39-27-20-28-40-89)61-70-97(100)103-106(109)104-98-71-62-86(53-50-83-57-66-95(67-58-83)113(90-41-29-21-30-42-90)91-43-31-22-32-44-91)80-101(98)110(75-15-9-3,76-16-10-4)108(104)105-99-72-63-87(81-102(99)111(107(103)105,77-17-11-5)78-18-12-6)54-51-84-59-68-96(69-60-84)114(92-45-33-23-34-46-92)93-47-35-24-36-48-93/h19-72,79-81H,7-18,73-78H2,1-6H3/b52-49+,53-50+,54-51+. The van der Waals surface area contributed by atoms with Crippen LogP contribution in [0.4, 0.5) is 51.2 Å². The highest BCUT2D eigenvalue weighted by Gasteiger charge is 2.57. The molecule has 3 aliphatic carbocycles. The highest BCUT2D eigenvalue weighted by molar-refractivity contribution is 6.06. The van der Waals surface area contributed by atoms with Crippen molar-refractivity contribution < 1.29 is 0 Å². The third-order valence-corrected chi connectivity index (χ3v) is 25.1. The first kappa shape index (κ1) is 76.5. The number of anilines is 9. The van der Waals surface area contributed by atoms with Gasteiger partial charge in [0.15, 0.2) is 0 Å². The minimum Gasteiger partial charge on any atom is -0.311 e. The van der Waals surface area contributed by atoms with Crippen LogP contribution in [0.1, 0.15) is 224 Å². The summed E-state index contributed by atoms with van der Waals surface area (Å²) in [5.41, 5.74) is 35.8. The molecule has 0 spiro atoms. The molecular weight excluding hydrogens is 1380 g/mol. The number of nitrogens with zero attached hydrogens (tertiary/aromatic N) is 3. The van der Waals surface area contributed by atoms with Crippen LogP contribution in [0, 0.1) is 0 Å². The zero-order valence-electron chi connectivity index (χ0n) is 68.0. The fourth-order valence-corrected chi connectivity index (χ4v) is 19.6. The summed E-state index contributed by atoms with van der Waals surface area (Å²) in [6.07, 6.45) is 34.8. The molecule has 0 aliphatic heterocycles. The van der Waals surface area contributed by atoms with E-state index in [1.54, 1.807) is 50.1 Å². The molecule has 0 aromatic heterocycles. The van der Waals surface area contributed by atoms with Crippen LogP contribution in [0.15, 0.2) is 309 Å². The van der Waals surface area contributed by atoms with Gasteiger partial charge in [0.2, 0.25) is 0 Å². The number of hydrogen-bond donors (Lipinski definition) is 0. The van der Waals surface area contributed by atoms with Crippen molar-refractivity contribution in [3.05, 3.63) is 376 Å². The predicted octanol–water partition coefficient (Wildman–Crippen LogP) is 32.5. The molecule has 0 fully saturated rings. The van der Waals surface area contributed by atoms with Gasteiger partial charge in [-0.3, -0.25) is 0 Å². The van der Waals surface area contributed by atoms with Gasteiger partial charge >= 0.3 is 0 Å². The molecule has 0 amide bonds. The van der Waals surface area contributed by atoms with E-state index < -0.39 is 0 Å². The van der Waals surface area contributed by atoms with Crippen LogP contribution in [0.25, 0.3) is 69.8 Å². The van der Waals surface area contributed by atoms with Crippen molar-refractivity contribution in [3.8, 4) is 33.4 Å². The Bertz CT molecular complexity index is 4770. The molecule has 0 atom stereocenters. The lowest BCUT2D eigenvalue weighted by atomic mass is 9.63. The van der Waals surface area contributed by atoms with E-state index in [-0.39, 0.29) is 16.2 Å². The molecule has 3 aliphatic rings. The minimum absolute atomic E-state index is 0.234. The first-order chi connectivity index (χ1) is 56.2. The van der Waals surface area contributed by atoms with Gasteiger partial charge in [0.25, 0.3) is 0 Å². The summed E-state index contributed by atoms with van der Waals surface area (Å²) in [6, 6.07) is 116. The van der Waals surface area contributed by atoms with E-state index in [4.69, 9.17) is 0 Å². The zero-order chi connectivity index (χ0) is 77.9. The number of fused-ring (bicyclic) bond motifs is 12. The molecule has 16 rings (SSSR count). The maximum atomic E-state index is 2.70. The van der Waals surface area contributed by atoms with Gasteiger partial charge in [-0.05, 0) is 248 Å². The third kappa shape index (κ3) is 14.9. The van der Waals surface area contributed by atoms with Crippen molar-refractivity contribution in [1.29, 1.82) is 0 Å². The lowest BCUT2D eigenvalue weighted by Gasteiger charge is -2.39. The van der Waals surface area contributed by atoms with E-state index in [1.807, 2.05) is 0 Å². The monoisotopic (exact) mass is 1490 g/mol. The average Bonchev–Trinajstić information content (AvgIpc) is 1.48. The Morgan fingerprint density at radius 3 is 0.570 bits per heavy atom. The Morgan fingerprint density at radius 1 is 0.202 bits per heavy atom. The Hall–Kier alpha value is -11.5. The molecule has 570 valence electrons. The van der Waals surface area contributed by atoms with Gasteiger partial charge in [-0.15, -0.1) is 0 Å². The summed E-state index contributed by atoms with van der Waals surface area (Å²) in [5, 5.41) is 0. The number of rotatable bonds is 33. The molecule has 0 saturated carbocycles. The van der Waals surface area contributed by atoms with Crippen molar-refractivity contribution in [2.75, 3.05) is 14.7 Å². The molecule has 0 N–H and O–H groups in total. The van der Waals surface area contributed by atoms with Crippen molar-refractivity contribution in [1.82, 2.24) is 0 Å². The van der Waals surface area contributed by atoms with Crippen molar-refractivity contribution in [2.24, 2.45) is 0 Å². The van der Waals surface area contributed by atoms with Crippen molar-refractivity contribution in [3.63, 3.8) is 0 Å². The predicted molar refractivity (Wildman–Crippen MR) is 492 cm³/mol. The molecule has 0 radical (unpaired) electrons. The summed E-state index contributed by atoms with van der Waals surface area (Å²) in [6.45, 7) is 14.6. The maximum absolute atomic E-state index is 2.70. The van der Waals surface area contributed by atoms with Gasteiger partial charge in [0, 0.05) is 67.4 Å². The second-order valence-electron chi connectivity index (χ2n) is 32.3. The summed E-state index contributed by atoms with van der Waals surface area (Å²) in [7, 11) is 0. The van der Waals surface area contributed by atoms with E-state index >= 15 is 0 Å². The molecular formula is C111H111N3. The lowest BCUT2D eigenvalue weighted by Crippen LogP contribution is -2.31. The van der Waals surface area contributed by atoms with Gasteiger partial charge in [0.1, 0.15) is 0 Å². The van der Waals surface area contributed by atoms with Crippen LogP contribution < -0.4 is 14.7 Å². The second kappa shape index (κ2) is 34.8. The van der Waals surface area contributed by atoms with Gasteiger partial charge in [-0.25, -0.2) is 0 Å². The number of hydrogen-bond acceptors (Lipinski definition) is 3. The van der Waals surface area contributed by atoms with Crippen LogP contribution in [-0.4, -0.2) is 0 Å². The van der Waals surface area contributed by atoms with Gasteiger partial charge < -0.3 is 14.7 Å². The summed E-state index contributed by atoms with van der Waals surface area (Å²) in [5.74, 6) is 0. The van der Waals surface area contributed by atoms with Crippen molar-refractivity contribution in [2.45, 2.75) is 173 Å². The first-order valence-corrected chi connectivity index (χ1v) is 43.0. The highest BCUT2D eigenvalue weighted by atomic mass is 15.2. The number of para-hydroxylation sites is 6. The minimum atomic E-state index is -0.234. The second-order valence-corrected chi connectivity index (χ2v) is 32.3. The first-order valence-electron chi connectivity index (χ1n) is 43.0. The van der Waals surface area contributed by atoms with Gasteiger partial charge in [-0.2, -0.15) is 0 Å². The maximum Gasteiger partial charge on any atom is 0.0462 e. The van der Waals surface area contributed by atoms with Crippen molar-refractivity contribution >= 4 is 87.6 Å². The van der Waals surface area contributed by atoms with Crippen LogP contribution in [0.5, 0.6) is 0 Å². The van der Waals surface area contributed by atoms with E-state index in [9.17, 15) is 0 Å². The zero-order valence-corrected chi connectivity index (χ0v) is 68.0. The fraction of sp³-hybridized carbons (Fsp3) is 0.243. The van der Waals surface area contributed by atoms with Crippen LogP contribution in [0.2, 0.25) is 0 Å². The normalized spacial score (nSPS) is 13.7. The van der Waals surface area contributed by atoms with E-state index in [2.05, 4.69) is 402 Å².